The zero-order valence-corrected chi connectivity index (χ0v) is 11.3. The van der Waals surface area contributed by atoms with Gasteiger partial charge in [0, 0.05) is 7.05 Å². The van der Waals surface area contributed by atoms with Crippen LogP contribution in [0.15, 0.2) is 53.8 Å². The number of nitriles is 1. The van der Waals surface area contributed by atoms with Gasteiger partial charge in [-0.2, -0.15) is 5.26 Å². The van der Waals surface area contributed by atoms with Gasteiger partial charge in [0.2, 0.25) is 0 Å². The molecule has 1 aromatic carbocycles. The van der Waals surface area contributed by atoms with Crippen molar-refractivity contribution >= 4 is 17.3 Å². The SMILES string of the molecule is C=C(/C=C/Sc1nncn1C)c1ccc(C#N)cc1. The van der Waals surface area contributed by atoms with Gasteiger partial charge in [0.15, 0.2) is 5.16 Å². The fraction of sp³-hybridized carbons (Fsp3) is 0.0714. The third-order valence-electron chi connectivity index (χ3n) is 2.50. The van der Waals surface area contributed by atoms with Crippen molar-refractivity contribution < 1.29 is 0 Å². The highest BCUT2D eigenvalue weighted by molar-refractivity contribution is 8.02. The highest BCUT2D eigenvalue weighted by Crippen LogP contribution is 2.19. The average Bonchev–Trinajstić information content (AvgIpc) is 2.84. The van der Waals surface area contributed by atoms with E-state index in [-0.39, 0.29) is 0 Å². The zero-order valence-electron chi connectivity index (χ0n) is 10.4. The average molecular weight is 268 g/mol. The molecule has 2 rings (SSSR count). The van der Waals surface area contributed by atoms with E-state index in [1.165, 1.54) is 11.8 Å². The van der Waals surface area contributed by atoms with Crippen LogP contribution in [0.5, 0.6) is 0 Å². The molecule has 0 spiro atoms. The maximum absolute atomic E-state index is 8.74. The molecule has 0 saturated heterocycles. The van der Waals surface area contributed by atoms with Crippen molar-refractivity contribution in [2.45, 2.75) is 5.16 Å². The summed E-state index contributed by atoms with van der Waals surface area (Å²) in [7, 11) is 1.89. The summed E-state index contributed by atoms with van der Waals surface area (Å²) in [6.45, 7) is 4.00. The second-order valence-corrected chi connectivity index (χ2v) is 4.73. The van der Waals surface area contributed by atoms with E-state index in [1.54, 1.807) is 18.5 Å². The Bertz CT molecular complexity index is 647. The predicted octanol–water partition coefficient (Wildman–Crippen LogP) is 3.01. The molecule has 5 heteroatoms. The maximum Gasteiger partial charge on any atom is 0.194 e. The van der Waals surface area contributed by atoms with Gasteiger partial charge in [-0.1, -0.05) is 30.5 Å². The van der Waals surface area contributed by atoms with Crippen LogP contribution in [0.2, 0.25) is 0 Å². The molecule has 4 nitrogen and oxygen atoms in total. The molecule has 1 heterocycles. The van der Waals surface area contributed by atoms with Crippen LogP contribution >= 0.6 is 11.8 Å². The van der Waals surface area contributed by atoms with Crippen LogP contribution in [0, 0.1) is 11.3 Å². The van der Waals surface area contributed by atoms with Crippen LogP contribution in [0.1, 0.15) is 11.1 Å². The Kier molecular flexibility index (Phi) is 4.16. The summed E-state index contributed by atoms with van der Waals surface area (Å²) in [6.07, 6.45) is 3.58. The van der Waals surface area contributed by atoms with Gasteiger partial charge in [0.05, 0.1) is 11.6 Å². The number of allylic oxidation sites excluding steroid dienone is 2. The summed E-state index contributed by atoms with van der Waals surface area (Å²) in [4.78, 5) is 0. The van der Waals surface area contributed by atoms with Crippen LogP contribution < -0.4 is 0 Å². The quantitative estimate of drug-likeness (QED) is 0.632. The molecule has 0 aliphatic carbocycles. The van der Waals surface area contributed by atoms with Gasteiger partial charge in [-0.15, -0.1) is 10.2 Å². The molecule has 1 aromatic heterocycles. The number of hydrogen-bond donors (Lipinski definition) is 0. The van der Waals surface area contributed by atoms with Gasteiger partial charge >= 0.3 is 0 Å². The first kappa shape index (κ1) is 13.1. The topological polar surface area (TPSA) is 54.5 Å². The lowest BCUT2D eigenvalue weighted by atomic mass is 10.1. The summed E-state index contributed by atoms with van der Waals surface area (Å²) in [5.74, 6) is 0. The summed E-state index contributed by atoms with van der Waals surface area (Å²) in [6, 6.07) is 9.43. The lowest BCUT2D eigenvalue weighted by Crippen LogP contribution is -1.86. The van der Waals surface area contributed by atoms with E-state index in [1.807, 2.05) is 35.2 Å². The van der Waals surface area contributed by atoms with Gasteiger partial charge in [0.25, 0.3) is 0 Å². The van der Waals surface area contributed by atoms with E-state index < -0.39 is 0 Å². The van der Waals surface area contributed by atoms with E-state index in [2.05, 4.69) is 22.8 Å². The number of hydrogen-bond acceptors (Lipinski definition) is 4. The summed E-state index contributed by atoms with van der Waals surface area (Å²) < 4.78 is 1.85. The van der Waals surface area contributed by atoms with Crippen molar-refractivity contribution in [3.63, 3.8) is 0 Å². The fourth-order valence-corrected chi connectivity index (χ4v) is 2.07. The third-order valence-corrected chi connectivity index (χ3v) is 3.35. The Balaban J connectivity index is 2.00. The van der Waals surface area contributed by atoms with Crippen molar-refractivity contribution in [1.82, 2.24) is 14.8 Å². The molecule has 0 radical (unpaired) electrons. The van der Waals surface area contributed by atoms with Crippen LogP contribution in [0.4, 0.5) is 0 Å². The molecule has 2 aromatic rings. The van der Waals surface area contributed by atoms with E-state index in [9.17, 15) is 0 Å². The summed E-state index contributed by atoms with van der Waals surface area (Å²) >= 11 is 1.48. The highest BCUT2D eigenvalue weighted by Gasteiger charge is 1.99. The first-order chi connectivity index (χ1) is 9.20. The third kappa shape index (κ3) is 3.33. The minimum Gasteiger partial charge on any atom is -0.312 e. The molecule has 0 aliphatic rings. The second-order valence-electron chi connectivity index (χ2n) is 3.86. The smallest absolute Gasteiger partial charge is 0.194 e. The minimum atomic E-state index is 0.647. The van der Waals surface area contributed by atoms with Crippen LogP contribution in [0.3, 0.4) is 0 Å². The highest BCUT2D eigenvalue weighted by atomic mass is 32.2. The Labute approximate surface area is 116 Å². The molecule has 0 unspecified atom stereocenters. The van der Waals surface area contributed by atoms with Crippen LogP contribution in [-0.2, 0) is 7.05 Å². The lowest BCUT2D eigenvalue weighted by molar-refractivity contribution is 0.791. The summed E-state index contributed by atoms with van der Waals surface area (Å²) in [5, 5.41) is 19.2. The molecule has 0 aliphatic heterocycles. The molecule has 19 heavy (non-hydrogen) atoms. The largest absolute Gasteiger partial charge is 0.312 e. The Morgan fingerprint density at radius 2 is 2.16 bits per heavy atom. The number of aryl methyl sites for hydroxylation is 1. The number of nitrogens with zero attached hydrogens (tertiary/aromatic N) is 4. The van der Waals surface area contributed by atoms with Crippen LogP contribution in [-0.4, -0.2) is 14.8 Å². The Hall–Kier alpha value is -2.32. The first-order valence-corrected chi connectivity index (χ1v) is 6.45. The zero-order chi connectivity index (χ0) is 13.7. The molecule has 0 atom stereocenters. The van der Waals surface area contributed by atoms with Gasteiger partial charge in [0.1, 0.15) is 6.33 Å². The Morgan fingerprint density at radius 1 is 1.42 bits per heavy atom. The molecular weight excluding hydrogens is 256 g/mol. The molecule has 0 bridgehead atoms. The second kappa shape index (κ2) is 6.03. The van der Waals surface area contributed by atoms with Crippen LogP contribution in [0.25, 0.3) is 5.57 Å². The van der Waals surface area contributed by atoms with Gasteiger partial charge in [-0.05, 0) is 34.8 Å². The van der Waals surface area contributed by atoms with E-state index in [0.717, 1.165) is 16.3 Å². The number of benzene rings is 1. The van der Waals surface area contributed by atoms with Gasteiger partial charge < -0.3 is 4.57 Å². The van der Waals surface area contributed by atoms with E-state index >= 15 is 0 Å². The molecule has 0 N–H and O–H groups in total. The monoisotopic (exact) mass is 268 g/mol. The standard InChI is InChI=1S/C14H12N4S/c1-11(13-5-3-12(9-15)4-6-13)7-8-19-14-17-16-10-18(14)2/h3-8,10H,1H2,2H3/b8-7+. The van der Waals surface area contributed by atoms with Crippen molar-refractivity contribution in [3.8, 4) is 6.07 Å². The normalized spacial score (nSPS) is 10.5. The van der Waals surface area contributed by atoms with Crippen molar-refractivity contribution in [3.05, 3.63) is 59.8 Å². The van der Waals surface area contributed by atoms with Crippen molar-refractivity contribution in [2.75, 3.05) is 0 Å². The fourth-order valence-electron chi connectivity index (χ4n) is 1.41. The molecular formula is C14H12N4S. The number of thioether (sulfide) groups is 1. The van der Waals surface area contributed by atoms with E-state index in [0.29, 0.717) is 5.56 Å². The number of aromatic nitrogens is 3. The maximum atomic E-state index is 8.74. The number of rotatable bonds is 4. The van der Waals surface area contributed by atoms with Gasteiger partial charge in [-0.25, -0.2) is 0 Å². The lowest BCUT2D eigenvalue weighted by Gasteiger charge is -2.00. The summed E-state index contributed by atoms with van der Waals surface area (Å²) in [5.41, 5.74) is 2.53. The predicted molar refractivity (Wildman–Crippen MR) is 76.2 cm³/mol. The van der Waals surface area contributed by atoms with Crippen molar-refractivity contribution in [1.29, 1.82) is 5.26 Å². The minimum absolute atomic E-state index is 0.647. The molecule has 0 amide bonds. The van der Waals surface area contributed by atoms with E-state index in [4.69, 9.17) is 5.26 Å². The first-order valence-electron chi connectivity index (χ1n) is 5.57. The molecule has 0 fully saturated rings. The van der Waals surface area contributed by atoms with Crippen molar-refractivity contribution in [2.24, 2.45) is 7.05 Å². The molecule has 0 saturated carbocycles. The van der Waals surface area contributed by atoms with Gasteiger partial charge in [-0.3, -0.25) is 0 Å². The molecule has 94 valence electrons. The Morgan fingerprint density at radius 3 is 2.74 bits per heavy atom.